The van der Waals surface area contributed by atoms with Crippen molar-refractivity contribution >= 4 is 12.1 Å². The molecule has 2 atom stereocenters. The fourth-order valence-electron chi connectivity index (χ4n) is 6.47. The fraction of sp³-hybridized carbons (Fsp3) is 0.212. The number of fused-ring (bicyclic) bond motifs is 3. The third kappa shape index (κ3) is 4.14. The molecule has 0 unspecified atom stereocenters. The first-order valence-electron chi connectivity index (χ1n) is 13.0. The molecule has 1 saturated carbocycles. The Balaban J connectivity index is 1.23. The van der Waals surface area contributed by atoms with Gasteiger partial charge in [-0.05, 0) is 46.2 Å². The predicted molar refractivity (Wildman–Crippen MR) is 146 cm³/mol. The first kappa shape index (κ1) is 24.0. The van der Waals surface area contributed by atoms with Gasteiger partial charge in [0.25, 0.3) is 0 Å². The van der Waals surface area contributed by atoms with E-state index in [1.165, 1.54) is 0 Å². The molecule has 4 aromatic rings. The topological polar surface area (TPSA) is 75.6 Å². The van der Waals surface area contributed by atoms with Gasteiger partial charge in [0.1, 0.15) is 6.61 Å². The third-order valence-corrected chi connectivity index (χ3v) is 8.24. The first-order valence-corrected chi connectivity index (χ1v) is 13.0. The minimum Gasteiger partial charge on any atom is -0.481 e. The highest BCUT2D eigenvalue weighted by Crippen LogP contribution is 2.49. The SMILES string of the molecule is O=C(N[C@@H]1CC(c2ccccc2)(c2ccccc2)C[C@H]1C(=O)O)OCC1c2ccccc2-c2ccccc21. The Bertz CT molecular complexity index is 1380. The smallest absolute Gasteiger partial charge is 0.407 e. The molecule has 38 heavy (non-hydrogen) atoms. The van der Waals surface area contributed by atoms with Gasteiger partial charge < -0.3 is 15.2 Å². The molecule has 0 heterocycles. The van der Waals surface area contributed by atoms with Crippen LogP contribution in [0.5, 0.6) is 0 Å². The second-order valence-corrected chi connectivity index (χ2v) is 10.2. The second-order valence-electron chi connectivity index (χ2n) is 10.2. The predicted octanol–water partition coefficient (Wildman–Crippen LogP) is 6.37. The normalized spacial score (nSPS) is 19.4. The van der Waals surface area contributed by atoms with E-state index < -0.39 is 29.4 Å². The molecule has 2 N–H and O–H groups in total. The van der Waals surface area contributed by atoms with E-state index in [4.69, 9.17) is 4.74 Å². The maximum absolute atomic E-state index is 13.1. The standard InChI is InChI=1S/C33H29NO4/c35-31(36)28-19-33(22-11-3-1-4-12-22,23-13-5-2-6-14-23)20-30(28)34-32(37)38-21-29-26-17-9-7-15-24(26)25-16-8-10-18-27(25)29/h1-18,28-30H,19-21H2,(H,34,37)(H,35,36)/t28-,30-/m1/s1. The monoisotopic (exact) mass is 503 g/mol. The number of amides is 1. The number of ether oxygens (including phenoxy) is 1. The second kappa shape index (κ2) is 9.82. The summed E-state index contributed by atoms with van der Waals surface area (Å²) >= 11 is 0. The molecule has 2 aliphatic rings. The molecule has 0 saturated heterocycles. The molecular weight excluding hydrogens is 474 g/mol. The summed E-state index contributed by atoms with van der Waals surface area (Å²) in [5.41, 5.74) is 6.18. The van der Waals surface area contributed by atoms with Gasteiger partial charge >= 0.3 is 12.1 Å². The molecule has 1 amide bonds. The minimum absolute atomic E-state index is 0.0558. The van der Waals surface area contributed by atoms with Gasteiger partial charge in [0.15, 0.2) is 0 Å². The van der Waals surface area contributed by atoms with Gasteiger partial charge in [0, 0.05) is 17.4 Å². The van der Waals surface area contributed by atoms with Crippen LogP contribution in [0.3, 0.4) is 0 Å². The molecule has 0 radical (unpaired) electrons. The Morgan fingerprint density at radius 2 is 1.24 bits per heavy atom. The van der Waals surface area contributed by atoms with E-state index in [1.807, 2.05) is 84.9 Å². The lowest BCUT2D eigenvalue weighted by atomic mass is 9.72. The van der Waals surface area contributed by atoms with E-state index in [1.54, 1.807) is 0 Å². The summed E-state index contributed by atoms with van der Waals surface area (Å²) in [6.45, 7) is 0.187. The number of aliphatic carboxylic acids is 1. The lowest BCUT2D eigenvalue weighted by molar-refractivity contribution is -0.142. The summed E-state index contributed by atoms with van der Waals surface area (Å²) in [5.74, 6) is -1.71. The number of rotatable bonds is 6. The van der Waals surface area contributed by atoms with E-state index in [0.29, 0.717) is 12.8 Å². The quantitative estimate of drug-likeness (QED) is 0.320. The van der Waals surface area contributed by atoms with Crippen molar-refractivity contribution in [2.24, 2.45) is 5.92 Å². The van der Waals surface area contributed by atoms with E-state index in [-0.39, 0.29) is 12.5 Å². The Hall–Kier alpha value is -4.38. The summed E-state index contributed by atoms with van der Waals surface area (Å²) in [6, 6.07) is 35.8. The molecule has 5 nitrogen and oxygen atoms in total. The van der Waals surface area contributed by atoms with Crippen LogP contribution in [0.2, 0.25) is 0 Å². The van der Waals surface area contributed by atoms with Crippen molar-refractivity contribution in [3.63, 3.8) is 0 Å². The largest absolute Gasteiger partial charge is 0.481 e. The van der Waals surface area contributed by atoms with Crippen molar-refractivity contribution in [3.8, 4) is 11.1 Å². The zero-order valence-corrected chi connectivity index (χ0v) is 20.9. The van der Waals surface area contributed by atoms with Crippen LogP contribution >= 0.6 is 0 Å². The van der Waals surface area contributed by atoms with Gasteiger partial charge in [-0.25, -0.2) is 4.79 Å². The van der Waals surface area contributed by atoms with Crippen LogP contribution < -0.4 is 5.32 Å². The van der Waals surface area contributed by atoms with Gasteiger partial charge in [-0.1, -0.05) is 109 Å². The summed E-state index contributed by atoms with van der Waals surface area (Å²) < 4.78 is 5.77. The van der Waals surface area contributed by atoms with Crippen molar-refractivity contribution in [3.05, 3.63) is 131 Å². The van der Waals surface area contributed by atoms with Crippen molar-refractivity contribution in [2.75, 3.05) is 6.61 Å². The molecule has 1 fully saturated rings. The van der Waals surface area contributed by atoms with Gasteiger partial charge in [-0.2, -0.15) is 0 Å². The number of alkyl carbamates (subject to hydrolysis) is 1. The van der Waals surface area contributed by atoms with Gasteiger partial charge in [0.2, 0.25) is 0 Å². The number of carbonyl (C=O) groups is 2. The summed E-state index contributed by atoms with van der Waals surface area (Å²) in [6.07, 6.45) is 0.285. The lowest BCUT2D eigenvalue weighted by Crippen LogP contribution is -2.41. The van der Waals surface area contributed by atoms with Crippen molar-refractivity contribution in [2.45, 2.75) is 30.2 Å². The maximum Gasteiger partial charge on any atom is 0.407 e. The molecule has 0 bridgehead atoms. The number of carboxylic acids is 1. The highest BCUT2D eigenvalue weighted by molar-refractivity contribution is 5.79. The number of nitrogens with one attached hydrogen (secondary N) is 1. The zero-order valence-electron chi connectivity index (χ0n) is 20.9. The average molecular weight is 504 g/mol. The highest BCUT2D eigenvalue weighted by atomic mass is 16.5. The number of hydrogen-bond acceptors (Lipinski definition) is 3. The molecule has 5 heteroatoms. The lowest BCUT2D eigenvalue weighted by Gasteiger charge is -2.31. The number of carboxylic acid groups (broad SMARTS) is 1. The van der Waals surface area contributed by atoms with Crippen LogP contribution in [0.1, 0.15) is 41.0 Å². The van der Waals surface area contributed by atoms with Crippen LogP contribution in [0.25, 0.3) is 11.1 Å². The summed E-state index contributed by atoms with van der Waals surface area (Å²) in [7, 11) is 0. The molecule has 4 aromatic carbocycles. The van der Waals surface area contributed by atoms with E-state index in [2.05, 4.69) is 29.6 Å². The van der Waals surface area contributed by atoms with Crippen LogP contribution in [-0.4, -0.2) is 29.8 Å². The van der Waals surface area contributed by atoms with Crippen LogP contribution in [0.4, 0.5) is 4.79 Å². The number of carbonyl (C=O) groups excluding carboxylic acids is 1. The molecule has 6 rings (SSSR count). The Kier molecular flexibility index (Phi) is 6.20. The molecular formula is C33H29NO4. The molecule has 2 aliphatic carbocycles. The summed E-state index contributed by atoms with van der Waals surface area (Å²) in [4.78, 5) is 25.5. The number of benzene rings is 4. The Morgan fingerprint density at radius 1 is 0.737 bits per heavy atom. The number of hydrogen-bond donors (Lipinski definition) is 2. The third-order valence-electron chi connectivity index (χ3n) is 8.24. The van der Waals surface area contributed by atoms with Crippen molar-refractivity contribution in [1.82, 2.24) is 5.32 Å². The van der Waals surface area contributed by atoms with Crippen LogP contribution in [0, 0.1) is 5.92 Å². The van der Waals surface area contributed by atoms with E-state index in [0.717, 1.165) is 33.4 Å². The van der Waals surface area contributed by atoms with Crippen molar-refractivity contribution < 1.29 is 19.4 Å². The maximum atomic E-state index is 13.1. The summed E-state index contributed by atoms with van der Waals surface area (Å²) in [5, 5.41) is 13.1. The van der Waals surface area contributed by atoms with E-state index >= 15 is 0 Å². The zero-order chi connectivity index (χ0) is 26.1. The average Bonchev–Trinajstić information content (AvgIpc) is 3.50. The van der Waals surface area contributed by atoms with Crippen LogP contribution in [-0.2, 0) is 14.9 Å². The molecule has 0 spiro atoms. The van der Waals surface area contributed by atoms with E-state index in [9.17, 15) is 14.7 Å². The first-order chi connectivity index (χ1) is 18.6. The fourth-order valence-corrected chi connectivity index (χ4v) is 6.47. The van der Waals surface area contributed by atoms with Gasteiger partial charge in [-0.15, -0.1) is 0 Å². The Labute approximate surface area is 222 Å². The minimum atomic E-state index is -0.914. The highest BCUT2D eigenvalue weighted by Gasteiger charge is 2.50. The van der Waals surface area contributed by atoms with Crippen LogP contribution in [0.15, 0.2) is 109 Å². The molecule has 0 aromatic heterocycles. The van der Waals surface area contributed by atoms with Gasteiger partial charge in [0.05, 0.1) is 5.92 Å². The van der Waals surface area contributed by atoms with Gasteiger partial charge in [-0.3, -0.25) is 4.79 Å². The molecule has 190 valence electrons. The molecule has 0 aliphatic heterocycles. The Morgan fingerprint density at radius 3 is 1.76 bits per heavy atom. The van der Waals surface area contributed by atoms with Crippen molar-refractivity contribution in [1.29, 1.82) is 0 Å².